The van der Waals surface area contributed by atoms with Crippen LogP contribution in [0.1, 0.15) is 19.8 Å². The zero-order chi connectivity index (χ0) is 11.0. The van der Waals surface area contributed by atoms with Crippen molar-refractivity contribution in [2.75, 3.05) is 25.4 Å². The third kappa shape index (κ3) is 4.74. The largest absolute Gasteiger partial charge is 0.396 e. The highest BCUT2D eigenvalue weighted by atomic mass is 32.2. The van der Waals surface area contributed by atoms with Crippen LogP contribution in [0.2, 0.25) is 0 Å². The van der Waals surface area contributed by atoms with E-state index in [2.05, 4.69) is 6.58 Å². The Balaban J connectivity index is 4.19. The number of hydrogen-bond acceptors (Lipinski definition) is 3. The average Bonchev–Trinajstić information content (AvgIpc) is 2.14. The fraction of sp³-hybridized carbons (Fsp3) is 0.778. The summed E-state index contributed by atoms with van der Waals surface area (Å²) < 4.78 is 24.6. The van der Waals surface area contributed by atoms with Gasteiger partial charge in [0.15, 0.2) is 0 Å². The molecular formula is C9H19NO3S. The van der Waals surface area contributed by atoms with Crippen molar-refractivity contribution >= 4 is 10.0 Å². The van der Waals surface area contributed by atoms with Gasteiger partial charge in [0.05, 0.1) is 5.75 Å². The molecule has 0 unspecified atom stereocenters. The van der Waals surface area contributed by atoms with Gasteiger partial charge in [0.25, 0.3) is 0 Å². The van der Waals surface area contributed by atoms with E-state index in [4.69, 9.17) is 5.11 Å². The first-order valence-corrected chi connectivity index (χ1v) is 6.39. The molecule has 0 aliphatic carbocycles. The van der Waals surface area contributed by atoms with Crippen LogP contribution >= 0.6 is 0 Å². The number of rotatable bonds is 8. The van der Waals surface area contributed by atoms with E-state index in [1.807, 2.05) is 0 Å². The Morgan fingerprint density at radius 3 is 2.50 bits per heavy atom. The Labute approximate surface area is 86.3 Å². The minimum Gasteiger partial charge on any atom is -0.396 e. The molecule has 5 heteroatoms. The van der Waals surface area contributed by atoms with Crippen LogP contribution in [0.15, 0.2) is 12.7 Å². The molecule has 0 spiro atoms. The van der Waals surface area contributed by atoms with Crippen LogP contribution < -0.4 is 0 Å². The number of unbranched alkanes of at least 4 members (excludes halogenated alkanes) is 1. The summed E-state index contributed by atoms with van der Waals surface area (Å²) >= 11 is 0. The van der Waals surface area contributed by atoms with Gasteiger partial charge >= 0.3 is 0 Å². The van der Waals surface area contributed by atoms with E-state index in [0.717, 1.165) is 0 Å². The van der Waals surface area contributed by atoms with Gasteiger partial charge < -0.3 is 5.11 Å². The highest BCUT2D eigenvalue weighted by Gasteiger charge is 2.17. The Kier molecular flexibility index (Phi) is 6.78. The second kappa shape index (κ2) is 6.98. The highest BCUT2D eigenvalue weighted by molar-refractivity contribution is 7.89. The van der Waals surface area contributed by atoms with E-state index >= 15 is 0 Å². The zero-order valence-corrected chi connectivity index (χ0v) is 9.46. The summed E-state index contributed by atoms with van der Waals surface area (Å²) in [5.41, 5.74) is 0. The number of aliphatic hydroxyl groups excluding tert-OH is 1. The summed E-state index contributed by atoms with van der Waals surface area (Å²) in [7, 11) is -3.16. The summed E-state index contributed by atoms with van der Waals surface area (Å²) in [6.45, 7) is 6.18. The molecule has 1 N–H and O–H groups in total. The lowest BCUT2D eigenvalue weighted by molar-refractivity contribution is 0.287. The lowest BCUT2D eigenvalue weighted by Gasteiger charge is -2.18. The number of hydrogen-bond donors (Lipinski definition) is 1. The van der Waals surface area contributed by atoms with Gasteiger partial charge in [0.2, 0.25) is 10.0 Å². The molecular weight excluding hydrogens is 202 g/mol. The summed E-state index contributed by atoms with van der Waals surface area (Å²) in [4.78, 5) is 0. The lowest BCUT2D eigenvalue weighted by atomic mass is 10.4. The molecule has 0 saturated heterocycles. The van der Waals surface area contributed by atoms with Crippen LogP contribution in [0.4, 0.5) is 0 Å². The normalized spacial score (nSPS) is 11.9. The first-order chi connectivity index (χ1) is 6.58. The van der Waals surface area contributed by atoms with Crippen molar-refractivity contribution in [3.63, 3.8) is 0 Å². The van der Waals surface area contributed by atoms with Crippen molar-refractivity contribution in [1.82, 2.24) is 4.31 Å². The first-order valence-electron chi connectivity index (χ1n) is 4.78. The van der Waals surface area contributed by atoms with Gasteiger partial charge in [-0.3, -0.25) is 0 Å². The molecule has 0 aromatic heterocycles. The van der Waals surface area contributed by atoms with Crippen molar-refractivity contribution in [2.45, 2.75) is 19.8 Å². The molecule has 0 saturated carbocycles. The van der Waals surface area contributed by atoms with Gasteiger partial charge in [-0.15, -0.1) is 6.58 Å². The Bertz CT molecular complexity index is 249. The molecule has 0 radical (unpaired) electrons. The minimum absolute atomic E-state index is 0.0447. The molecule has 0 rings (SSSR count). The SMILES string of the molecule is C=CCN(CC)S(=O)(=O)CCCCO. The number of nitrogens with zero attached hydrogens (tertiary/aromatic N) is 1. The van der Waals surface area contributed by atoms with Crippen molar-refractivity contribution in [3.8, 4) is 0 Å². The van der Waals surface area contributed by atoms with Crippen LogP contribution in [-0.4, -0.2) is 43.3 Å². The van der Waals surface area contributed by atoms with E-state index < -0.39 is 10.0 Å². The predicted molar refractivity (Wildman–Crippen MR) is 57.6 cm³/mol. The predicted octanol–water partition coefficient (Wildman–Crippen LogP) is 0.597. The van der Waals surface area contributed by atoms with Crippen molar-refractivity contribution in [3.05, 3.63) is 12.7 Å². The Hall–Kier alpha value is -0.390. The van der Waals surface area contributed by atoms with E-state index in [9.17, 15) is 8.42 Å². The monoisotopic (exact) mass is 221 g/mol. The maximum Gasteiger partial charge on any atom is 0.214 e. The van der Waals surface area contributed by atoms with Crippen LogP contribution in [0.5, 0.6) is 0 Å². The van der Waals surface area contributed by atoms with Gasteiger partial charge in [0.1, 0.15) is 0 Å². The molecule has 0 aliphatic rings. The molecule has 0 aromatic rings. The zero-order valence-electron chi connectivity index (χ0n) is 8.65. The maximum atomic E-state index is 11.6. The third-order valence-corrected chi connectivity index (χ3v) is 3.89. The summed E-state index contributed by atoms with van der Waals surface area (Å²) in [5.74, 6) is 0.106. The lowest BCUT2D eigenvalue weighted by Crippen LogP contribution is -2.33. The van der Waals surface area contributed by atoms with E-state index in [-0.39, 0.29) is 12.4 Å². The fourth-order valence-electron chi connectivity index (χ4n) is 1.11. The molecule has 0 fully saturated rings. The first kappa shape index (κ1) is 13.6. The quantitative estimate of drug-likeness (QED) is 0.482. The van der Waals surface area contributed by atoms with Crippen LogP contribution in [0, 0.1) is 0 Å². The Morgan fingerprint density at radius 2 is 2.07 bits per heavy atom. The van der Waals surface area contributed by atoms with Crippen molar-refractivity contribution < 1.29 is 13.5 Å². The van der Waals surface area contributed by atoms with E-state index in [1.54, 1.807) is 13.0 Å². The second-order valence-corrected chi connectivity index (χ2v) is 5.07. The second-order valence-electron chi connectivity index (χ2n) is 2.99. The van der Waals surface area contributed by atoms with Gasteiger partial charge in [-0.1, -0.05) is 13.0 Å². The standard InChI is InChI=1S/C9H19NO3S/c1-3-7-10(4-2)14(12,13)9-6-5-8-11/h3,11H,1,4-9H2,2H3. The summed E-state index contributed by atoms with van der Waals surface area (Å²) in [5, 5.41) is 8.54. The van der Waals surface area contributed by atoms with Crippen molar-refractivity contribution in [2.24, 2.45) is 0 Å². The molecule has 14 heavy (non-hydrogen) atoms. The Morgan fingerprint density at radius 1 is 1.43 bits per heavy atom. The van der Waals surface area contributed by atoms with Crippen LogP contribution in [0.25, 0.3) is 0 Å². The topological polar surface area (TPSA) is 57.6 Å². The molecule has 0 atom stereocenters. The molecule has 0 aliphatic heterocycles. The maximum absolute atomic E-state index is 11.6. The molecule has 0 bridgehead atoms. The van der Waals surface area contributed by atoms with Crippen LogP contribution in [-0.2, 0) is 10.0 Å². The third-order valence-electron chi connectivity index (χ3n) is 1.89. The fourth-order valence-corrected chi connectivity index (χ4v) is 2.66. The van der Waals surface area contributed by atoms with Gasteiger partial charge in [-0.25, -0.2) is 8.42 Å². The average molecular weight is 221 g/mol. The van der Waals surface area contributed by atoms with E-state index in [1.165, 1.54) is 4.31 Å². The van der Waals surface area contributed by atoms with Gasteiger partial charge in [0, 0.05) is 19.7 Å². The summed E-state index contributed by atoms with van der Waals surface area (Å²) in [6.07, 6.45) is 2.62. The molecule has 0 aromatic carbocycles. The summed E-state index contributed by atoms with van der Waals surface area (Å²) in [6, 6.07) is 0. The van der Waals surface area contributed by atoms with Crippen LogP contribution in [0.3, 0.4) is 0 Å². The smallest absolute Gasteiger partial charge is 0.214 e. The molecule has 0 heterocycles. The van der Waals surface area contributed by atoms with Gasteiger partial charge in [-0.2, -0.15) is 4.31 Å². The number of aliphatic hydroxyl groups is 1. The van der Waals surface area contributed by atoms with E-state index in [0.29, 0.717) is 25.9 Å². The molecule has 84 valence electrons. The highest BCUT2D eigenvalue weighted by Crippen LogP contribution is 2.04. The molecule has 4 nitrogen and oxygen atoms in total. The van der Waals surface area contributed by atoms with Crippen molar-refractivity contribution in [1.29, 1.82) is 0 Å². The molecule has 0 amide bonds. The number of likely N-dealkylation sites (N-methyl/N-ethyl adjacent to an activating group) is 1. The minimum atomic E-state index is -3.16. The van der Waals surface area contributed by atoms with Gasteiger partial charge in [-0.05, 0) is 12.8 Å². The number of sulfonamides is 1.